The standard InChI is InChI=1S/C8H13NO.C3H4O2/c1-2-7-5-3-4-6-9-8(7)10;1-2-3(4)5/h2,7H,1,3-6H2,(H,9,10);2H,1H2,(H,4,5). The summed E-state index contributed by atoms with van der Waals surface area (Å²) in [6.07, 6.45) is 5.78. The number of nitrogens with one attached hydrogen (secondary N) is 1. The summed E-state index contributed by atoms with van der Waals surface area (Å²) in [7, 11) is 0. The number of carbonyl (C=O) groups excluding carboxylic acids is 1. The maximum Gasteiger partial charge on any atom is 0.327 e. The lowest BCUT2D eigenvalue weighted by Crippen LogP contribution is -2.27. The Labute approximate surface area is 89.7 Å². The molecule has 15 heavy (non-hydrogen) atoms. The van der Waals surface area contributed by atoms with Crippen LogP contribution in [0.25, 0.3) is 0 Å². The number of amides is 1. The summed E-state index contributed by atoms with van der Waals surface area (Å²) in [5.74, 6) is -0.778. The van der Waals surface area contributed by atoms with E-state index in [1.54, 1.807) is 6.08 Å². The van der Waals surface area contributed by atoms with E-state index in [1.165, 1.54) is 0 Å². The van der Waals surface area contributed by atoms with Crippen molar-refractivity contribution < 1.29 is 14.7 Å². The van der Waals surface area contributed by atoms with Gasteiger partial charge in [-0.15, -0.1) is 6.58 Å². The van der Waals surface area contributed by atoms with Crippen molar-refractivity contribution in [1.29, 1.82) is 0 Å². The van der Waals surface area contributed by atoms with Gasteiger partial charge in [0.1, 0.15) is 0 Å². The third-order valence-electron chi connectivity index (χ3n) is 2.04. The van der Waals surface area contributed by atoms with Crippen LogP contribution >= 0.6 is 0 Å². The van der Waals surface area contributed by atoms with Crippen LogP contribution in [0, 0.1) is 5.92 Å². The van der Waals surface area contributed by atoms with Crippen molar-refractivity contribution in [2.75, 3.05) is 6.54 Å². The fourth-order valence-corrected chi connectivity index (χ4v) is 1.19. The molecular formula is C11H17NO3. The minimum absolute atomic E-state index is 0.0579. The van der Waals surface area contributed by atoms with E-state index >= 15 is 0 Å². The molecule has 1 unspecified atom stereocenters. The van der Waals surface area contributed by atoms with Crippen LogP contribution in [-0.4, -0.2) is 23.5 Å². The van der Waals surface area contributed by atoms with Crippen LogP contribution in [0.5, 0.6) is 0 Å². The Morgan fingerprint density at radius 3 is 2.53 bits per heavy atom. The molecule has 84 valence electrons. The zero-order valence-electron chi connectivity index (χ0n) is 8.74. The summed E-state index contributed by atoms with van der Waals surface area (Å²) < 4.78 is 0. The van der Waals surface area contributed by atoms with Crippen LogP contribution in [-0.2, 0) is 9.59 Å². The lowest BCUT2D eigenvalue weighted by molar-refractivity contribution is -0.131. The molecule has 0 aromatic carbocycles. The first kappa shape index (κ1) is 13.4. The largest absolute Gasteiger partial charge is 0.478 e. The van der Waals surface area contributed by atoms with Gasteiger partial charge in [-0.05, 0) is 12.8 Å². The molecule has 4 nitrogen and oxygen atoms in total. The molecule has 0 radical (unpaired) electrons. The van der Waals surface area contributed by atoms with Gasteiger partial charge >= 0.3 is 5.97 Å². The highest BCUT2D eigenvalue weighted by molar-refractivity contribution is 5.80. The fourth-order valence-electron chi connectivity index (χ4n) is 1.19. The van der Waals surface area contributed by atoms with Crippen LogP contribution in [0.3, 0.4) is 0 Å². The molecule has 0 saturated carbocycles. The smallest absolute Gasteiger partial charge is 0.327 e. The molecule has 1 heterocycles. The van der Waals surface area contributed by atoms with Gasteiger partial charge in [0, 0.05) is 12.6 Å². The molecule has 1 saturated heterocycles. The summed E-state index contributed by atoms with van der Waals surface area (Å²) in [5.41, 5.74) is 0. The van der Waals surface area contributed by atoms with Crippen LogP contribution in [0.2, 0.25) is 0 Å². The number of rotatable bonds is 2. The quantitative estimate of drug-likeness (QED) is 0.535. The van der Waals surface area contributed by atoms with Gasteiger partial charge in [-0.25, -0.2) is 4.79 Å². The highest BCUT2D eigenvalue weighted by atomic mass is 16.4. The maximum atomic E-state index is 11.1. The van der Waals surface area contributed by atoms with Gasteiger partial charge in [-0.3, -0.25) is 4.79 Å². The summed E-state index contributed by atoms with van der Waals surface area (Å²) in [5, 5.41) is 10.4. The number of hydrogen-bond acceptors (Lipinski definition) is 2. The normalized spacial score (nSPS) is 20.0. The molecular weight excluding hydrogens is 194 g/mol. The molecule has 0 aromatic heterocycles. The minimum atomic E-state index is -0.981. The number of hydrogen-bond donors (Lipinski definition) is 2. The van der Waals surface area contributed by atoms with E-state index in [1.807, 2.05) is 0 Å². The minimum Gasteiger partial charge on any atom is -0.478 e. The predicted molar refractivity (Wildman–Crippen MR) is 58.4 cm³/mol. The third kappa shape index (κ3) is 6.49. The van der Waals surface area contributed by atoms with Crippen LogP contribution in [0.1, 0.15) is 19.3 Å². The average Bonchev–Trinajstić information content (AvgIpc) is 2.43. The SMILES string of the molecule is C=CC(=O)O.C=CC1CCCCNC1=O. The highest BCUT2D eigenvalue weighted by Crippen LogP contribution is 2.12. The van der Waals surface area contributed by atoms with Gasteiger partial charge in [0.2, 0.25) is 5.91 Å². The zero-order chi connectivity index (χ0) is 11.7. The molecule has 1 aliphatic heterocycles. The van der Waals surface area contributed by atoms with E-state index in [-0.39, 0.29) is 11.8 Å². The molecule has 4 heteroatoms. The topological polar surface area (TPSA) is 66.4 Å². The van der Waals surface area contributed by atoms with Crippen molar-refractivity contribution in [2.24, 2.45) is 5.92 Å². The molecule has 0 aliphatic carbocycles. The Morgan fingerprint density at radius 1 is 1.47 bits per heavy atom. The van der Waals surface area contributed by atoms with Gasteiger partial charge in [-0.2, -0.15) is 0 Å². The molecule has 1 atom stereocenters. The molecule has 1 amide bonds. The van der Waals surface area contributed by atoms with E-state index in [9.17, 15) is 9.59 Å². The van der Waals surface area contributed by atoms with E-state index < -0.39 is 5.97 Å². The van der Waals surface area contributed by atoms with Crippen LogP contribution in [0.15, 0.2) is 25.3 Å². The van der Waals surface area contributed by atoms with Gasteiger partial charge < -0.3 is 10.4 Å². The Bertz CT molecular complexity index is 248. The molecule has 0 aromatic rings. The molecule has 2 N–H and O–H groups in total. The van der Waals surface area contributed by atoms with Crippen LogP contribution < -0.4 is 5.32 Å². The summed E-state index contributed by atoms with van der Waals surface area (Å²) in [4.78, 5) is 20.3. The van der Waals surface area contributed by atoms with Crippen molar-refractivity contribution in [3.63, 3.8) is 0 Å². The second-order valence-corrected chi connectivity index (χ2v) is 3.17. The number of aliphatic carboxylic acids is 1. The summed E-state index contributed by atoms with van der Waals surface area (Å²) >= 11 is 0. The average molecular weight is 211 g/mol. The highest BCUT2D eigenvalue weighted by Gasteiger charge is 2.16. The first-order valence-electron chi connectivity index (χ1n) is 4.87. The second kappa shape index (κ2) is 7.79. The van der Waals surface area contributed by atoms with Crippen molar-refractivity contribution in [3.05, 3.63) is 25.3 Å². The number of carboxylic acids is 1. The summed E-state index contributed by atoms with van der Waals surface area (Å²) in [6, 6.07) is 0. The molecule has 1 rings (SSSR count). The van der Waals surface area contributed by atoms with E-state index in [0.717, 1.165) is 31.9 Å². The lowest BCUT2D eigenvalue weighted by Gasteiger charge is -2.05. The van der Waals surface area contributed by atoms with Crippen LogP contribution in [0.4, 0.5) is 0 Å². The first-order chi connectivity index (χ1) is 7.11. The fraction of sp³-hybridized carbons (Fsp3) is 0.455. The zero-order valence-corrected chi connectivity index (χ0v) is 8.74. The number of carboxylic acid groups (broad SMARTS) is 1. The number of carbonyl (C=O) groups is 2. The second-order valence-electron chi connectivity index (χ2n) is 3.17. The van der Waals surface area contributed by atoms with Gasteiger partial charge in [0.15, 0.2) is 0 Å². The molecule has 1 fully saturated rings. The predicted octanol–water partition coefficient (Wildman–Crippen LogP) is 1.35. The Kier molecular flexibility index (Phi) is 6.97. The molecule has 1 aliphatic rings. The lowest BCUT2D eigenvalue weighted by atomic mass is 10.0. The van der Waals surface area contributed by atoms with Gasteiger partial charge in [0.05, 0.1) is 5.92 Å². The van der Waals surface area contributed by atoms with E-state index in [2.05, 4.69) is 18.5 Å². The van der Waals surface area contributed by atoms with Gasteiger partial charge in [0.25, 0.3) is 0 Å². The van der Waals surface area contributed by atoms with E-state index in [0.29, 0.717) is 0 Å². The maximum absolute atomic E-state index is 11.1. The van der Waals surface area contributed by atoms with Crippen molar-refractivity contribution >= 4 is 11.9 Å². The van der Waals surface area contributed by atoms with Crippen molar-refractivity contribution in [1.82, 2.24) is 5.32 Å². The monoisotopic (exact) mass is 211 g/mol. The third-order valence-corrected chi connectivity index (χ3v) is 2.04. The van der Waals surface area contributed by atoms with Crippen molar-refractivity contribution in [2.45, 2.75) is 19.3 Å². The Hall–Kier alpha value is -1.58. The van der Waals surface area contributed by atoms with Gasteiger partial charge in [-0.1, -0.05) is 19.1 Å². The molecule has 0 spiro atoms. The van der Waals surface area contributed by atoms with E-state index in [4.69, 9.17) is 5.11 Å². The first-order valence-corrected chi connectivity index (χ1v) is 4.87. The molecule has 0 bridgehead atoms. The Balaban J connectivity index is 0.000000336. The summed E-state index contributed by atoms with van der Waals surface area (Å²) in [6.45, 7) is 7.41. The van der Waals surface area contributed by atoms with Crippen molar-refractivity contribution in [3.8, 4) is 0 Å². The Morgan fingerprint density at radius 2 is 2.07 bits per heavy atom.